The van der Waals surface area contributed by atoms with Crippen LogP contribution in [0.5, 0.6) is 17.4 Å². The molecule has 0 N–H and O–H groups in total. The van der Waals surface area contributed by atoms with Gasteiger partial charge in [0.2, 0.25) is 5.88 Å². The molecule has 2 aromatic heterocycles. The molecule has 2 bridgehead atoms. The fourth-order valence-corrected chi connectivity index (χ4v) is 4.31. The molecule has 166 valence electrons. The fourth-order valence-electron chi connectivity index (χ4n) is 4.31. The van der Waals surface area contributed by atoms with Gasteiger partial charge in [-0.3, -0.25) is 9.55 Å². The zero-order valence-corrected chi connectivity index (χ0v) is 17.6. The Labute approximate surface area is 183 Å². The molecule has 2 aliphatic rings. The van der Waals surface area contributed by atoms with Crippen LogP contribution in [0, 0.1) is 24.5 Å². The maximum atomic E-state index is 14.5. The first kappa shape index (κ1) is 20.4. The van der Waals surface area contributed by atoms with Gasteiger partial charge in [0.15, 0.2) is 17.4 Å². The number of benzene rings is 1. The number of fused-ring (bicyclic) bond motifs is 4. The topological polar surface area (TPSA) is 69.5 Å². The molecule has 2 aliphatic heterocycles. The molecule has 1 atom stereocenters. The predicted molar refractivity (Wildman–Crippen MR) is 113 cm³/mol. The highest BCUT2D eigenvalue weighted by Crippen LogP contribution is 2.31. The van der Waals surface area contributed by atoms with E-state index in [1.54, 1.807) is 23.6 Å². The molecule has 0 aliphatic carbocycles. The zero-order valence-electron chi connectivity index (χ0n) is 17.6. The van der Waals surface area contributed by atoms with Gasteiger partial charge in [-0.25, -0.2) is 13.6 Å². The van der Waals surface area contributed by atoms with Gasteiger partial charge in [0.05, 0.1) is 0 Å². The lowest BCUT2D eigenvalue weighted by molar-refractivity contribution is 0.281. The molecule has 1 fully saturated rings. The highest BCUT2D eigenvalue weighted by Gasteiger charge is 2.29. The van der Waals surface area contributed by atoms with Gasteiger partial charge in [-0.15, -0.1) is 0 Å². The van der Waals surface area contributed by atoms with E-state index in [1.807, 2.05) is 0 Å². The summed E-state index contributed by atoms with van der Waals surface area (Å²) < 4.78 is 41.7. The first-order valence-corrected chi connectivity index (χ1v) is 10.5. The quantitative estimate of drug-likeness (QED) is 0.601. The lowest BCUT2D eigenvalue weighted by Crippen LogP contribution is -2.46. The van der Waals surface area contributed by atoms with Crippen molar-refractivity contribution >= 4 is 5.82 Å². The van der Waals surface area contributed by atoms with Gasteiger partial charge in [0, 0.05) is 43.7 Å². The number of pyridine rings is 1. The Morgan fingerprint density at radius 1 is 1.16 bits per heavy atom. The van der Waals surface area contributed by atoms with Crippen LogP contribution in [-0.4, -0.2) is 27.6 Å². The summed E-state index contributed by atoms with van der Waals surface area (Å²) in [7, 11) is 0. The Hall–Kier alpha value is -3.49. The molecular weight excluding hydrogens is 418 g/mol. The molecule has 7 nitrogen and oxygen atoms in total. The molecule has 0 radical (unpaired) electrons. The lowest BCUT2D eigenvalue weighted by atomic mass is 9.96. The molecule has 0 amide bonds. The van der Waals surface area contributed by atoms with E-state index in [-0.39, 0.29) is 29.5 Å². The van der Waals surface area contributed by atoms with Crippen LogP contribution in [0.15, 0.2) is 41.3 Å². The van der Waals surface area contributed by atoms with Crippen LogP contribution in [0.3, 0.4) is 0 Å². The molecule has 0 saturated carbocycles. The van der Waals surface area contributed by atoms with Crippen molar-refractivity contribution in [3.05, 3.63) is 69.9 Å². The van der Waals surface area contributed by atoms with Crippen molar-refractivity contribution in [3.63, 3.8) is 0 Å². The van der Waals surface area contributed by atoms with Crippen molar-refractivity contribution in [3.8, 4) is 17.4 Å². The fraction of sp³-hybridized carbons (Fsp3) is 0.348. The summed E-state index contributed by atoms with van der Waals surface area (Å²) >= 11 is 0. The van der Waals surface area contributed by atoms with E-state index in [2.05, 4.69) is 14.9 Å². The van der Waals surface area contributed by atoms with Gasteiger partial charge in [0.1, 0.15) is 18.2 Å². The zero-order chi connectivity index (χ0) is 22.2. The number of halogens is 2. The summed E-state index contributed by atoms with van der Waals surface area (Å²) in [4.78, 5) is 22.7. The van der Waals surface area contributed by atoms with Crippen molar-refractivity contribution in [2.45, 2.75) is 32.9 Å². The number of hydrogen-bond acceptors (Lipinski definition) is 6. The molecule has 1 saturated heterocycles. The van der Waals surface area contributed by atoms with E-state index in [9.17, 15) is 13.6 Å². The molecule has 9 heteroatoms. The van der Waals surface area contributed by atoms with Gasteiger partial charge in [-0.05, 0) is 49.4 Å². The highest BCUT2D eigenvalue weighted by molar-refractivity contribution is 5.44. The van der Waals surface area contributed by atoms with Gasteiger partial charge in [-0.1, -0.05) is 0 Å². The molecule has 3 aromatic rings. The maximum Gasteiger partial charge on any atom is 0.352 e. The predicted octanol–water partition coefficient (Wildman–Crippen LogP) is 3.83. The minimum Gasteiger partial charge on any atom is -0.473 e. The van der Waals surface area contributed by atoms with Gasteiger partial charge in [-0.2, -0.15) is 4.98 Å². The Morgan fingerprint density at radius 3 is 2.75 bits per heavy atom. The van der Waals surface area contributed by atoms with Crippen molar-refractivity contribution in [1.29, 1.82) is 0 Å². The minimum atomic E-state index is -0.851. The van der Waals surface area contributed by atoms with E-state index >= 15 is 0 Å². The smallest absolute Gasteiger partial charge is 0.352 e. The average molecular weight is 440 g/mol. The summed E-state index contributed by atoms with van der Waals surface area (Å²) in [6, 6.07) is 7.12. The summed E-state index contributed by atoms with van der Waals surface area (Å²) in [6.45, 7) is 4.07. The summed E-state index contributed by atoms with van der Waals surface area (Å²) in [5, 5.41) is 0. The number of hydrogen-bond donors (Lipinski definition) is 0. The number of nitrogens with zero attached hydrogens (tertiary/aromatic N) is 4. The molecule has 0 spiro atoms. The Kier molecular flexibility index (Phi) is 5.24. The molecule has 1 aromatic carbocycles. The Balaban J connectivity index is 1.33. The molecular formula is C23H22F2N4O3. The van der Waals surface area contributed by atoms with Gasteiger partial charge < -0.3 is 14.4 Å². The normalized spacial score (nSPS) is 17.1. The summed E-state index contributed by atoms with van der Waals surface area (Å²) in [5.74, 6) is -0.525. The largest absolute Gasteiger partial charge is 0.473 e. The Bertz CT molecular complexity index is 1210. The highest BCUT2D eigenvalue weighted by atomic mass is 19.1. The van der Waals surface area contributed by atoms with E-state index in [1.165, 1.54) is 12.3 Å². The van der Waals surface area contributed by atoms with Crippen LogP contribution in [0.25, 0.3) is 0 Å². The van der Waals surface area contributed by atoms with Crippen LogP contribution in [0.1, 0.15) is 24.1 Å². The van der Waals surface area contributed by atoms with Crippen molar-refractivity contribution in [2.24, 2.45) is 5.92 Å². The lowest BCUT2D eigenvalue weighted by Gasteiger charge is -2.40. The van der Waals surface area contributed by atoms with Crippen molar-refractivity contribution < 1.29 is 18.3 Å². The van der Waals surface area contributed by atoms with Crippen LogP contribution in [-0.2, 0) is 13.2 Å². The van der Waals surface area contributed by atoms with E-state index in [4.69, 9.17) is 9.47 Å². The first-order valence-electron chi connectivity index (χ1n) is 10.5. The molecule has 5 rings (SSSR count). The van der Waals surface area contributed by atoms with Gasteiger partial charge in [0.25, 0.3) is 0 Å². The molecule has 4 heterocycles. The molecule has 32 heavy (non-hydrogen) atoms. The average Bonchev–Trinajstić information content (AvgIpc) is 2.76. The third kappa shape index (κ3) is 4.02. The SMILES string of the molecule is Cc1cc(Oc2c(F)cc(COc3cc4n(c(=O)n3)C[C@@H]3CCCN4C3)cc2F)ccn1. The second-order valence-electron chi connectivity index (χ2n) is 8.21. The minimum absolute atomic E-state index is 0.138. The first-order chi connectivity index (χ1) is 15.5. The van der Waals surface area contributed by atoms with Crippen LogP contribution in [0.4, 0.5) is 14.6 Å². The van der Waals surface area contributed by atoms with E-state index < -0.39 is 17.4 Å². The number of rotatable bonds is 5. The summed E-state index contributed by atoms with van der Waals surface area (Å²) in [5.41, 5.74) is 0.556. The van der Waals surface area contributed by atoms with Crippen molar-refractivity contribution in [1.82, 2.24) is 14.5 Å². The third-order valence-corrected chi connectivity index (χ3v) is 5.78. The number of anilines is 1. The number of aromatic nitrogens is 3. The third-order valence-electron chi connectivity index (χ3n) is 5.78. The maximum absolute atomic E-state index is 14.5. The van der Waals surface area contributed by atoms with Crippen LogP contribution in [0.2, 0.25) is 0 Å². The summed E-state index contributed by atoms with van der Waals surface area (Å²) in [6.07, 6.45) is 3.70. The number of piperidine rings is 1. The van der Waals surface area contributed by atoms with E-state index in [0.29, 0.717) is 18.2 Å². The standard InChI is InChI=1S/C23H22F2N4O3/c1-14-7-17(4-5-26-14)32-22-18(24)8-16(9-19(22)25)13-31-20-10-21-28-6-2-3-15(11-28)12-29(21)23(30)27-20/h4-5,7-10,15H,2-3,6,11-13H2,1H3/t15-/m1/s1. The number of ether oxygens (including phenoxy) is 2. The second kappa shape index (κ2) is 8.22. The van der Waals surface area contributed by atoms with E-state index in [0.717, 1.165) is 43.9 Å². The number of aryl methyl sites for hydroxylation is 1. The van der Waals surface area contributed by atoms with Crippen LogP contribution < -0.4 is 20.1 Å². The van der Waals surface area contributed by atoms with Crippen LogP contribution >= 0.6 is 0 Å². The Morgan fingerprint density at radius 2 is 1.97 bits per heavy atom. The second-order valence-corrected chi connectivity index (χ2v) is 8.21. The van der Waals surface area contributed by atoms with Gasteiger partial charge >= 0.3 is 5.69 Å². The van der Waals surface area contributed by atoms with Crippen molar-refractivity contribution in [2.75, 3.05) is 18.0 Å². The monoisotopic (exact) mass is 440 g/mol. The molecule has 0 unspecified atom stereocenters.